The van der Waals surface area contributed by atoms with Crippen LogP contribution in [0.3, 0.4) is 0 Å². The smallest absolute Gasteiger partial charge is 0.189 e. The fourth-order valence-corrected chi connectivity index (χ4v) is 1.95. The Morgan fingerprint density at radius 1 is 1.64 bits per heavy atom. The summed E-state index contributed by atoms with van der Waals surface area (Å²) in [5.41, 5.74) is 5.64. The first kappa shape index (κ1) is 11.3. The van der Waals surface area contributed by atoms with E-state index in [0.29, 0.717) is 18.5 Å². The van der Waals surface area contributed by atoms with Crippen molar-refractivity contribution in [3.8, 4) is 0 Å². The van der Waals surface area contributed by atoms with Crippen LogP contribution in [0.25, 0.3) is 0 Å². The standard InChI is InChI=1S/C9H14ClN3S/c1-6(2)13-9(11)12-5-7-3-4-8(10)14-7/h3-4,6H,5H2,1-2H3,(H3,11,12,13). The largest absolute Gasteiger partial charge is 0.370 e. The van der Waals surface area contributed by atoms with Gasteiger partial charge in [0.15, 0.2) is 5.96 Å². The minimum absolute atomic E-state index is 0.311. The molecule has 1 heterocycles. The second kappa shape index (κ2) is 5.22. The molecule has 0 atom stereocenters. The number of nitrogens with two attached hydrogens (primary N) is 1. The summed E-state index contributed by atoms with van der Waals surface area (Å²) in [6.07, 6.45) is 0. The van der Waals surface area contributed by atoms with Crippen LogP contribution < -0.4 is 11.1 Å². The molecule has 0 unspecified atom stereocenters. The molecule has 78 valence electrons. The fourth-order valence-electron chi connectivity index (χ4n) is 0.941. The average molecular weight is 232 g/mol. The zero-order valence-electron chi connectivity index (χ0n) is 8.25. The molecule has 0 spiro atoms. The Labute approximate surface area is 93.0 Å². The minimum Gasteiger partial charge on any atom is -0.370 e. The monoisotopic (exact) mass is 231 g/mol. The van der Waals surface area contributed by atoms with Gasteiger partial charge < -0.3 is 11.1 Å². The van der Waals surface area contributed by atoms with Gasteiger partial charge in [0, 0.05) is 10.9 Å². The maximum Gasteiger partial charge on any atom is 0.189 e. The van der Waals surface area contributed by atoms with Crippen molar-refractivity contribution in [1.29, 1.82) is 0 Å². The van der Waals surface area contributed by atoms with Crippen LogP contribution in [-0.2, 0) is 6.54 Å². The van der Waals surface area contributed by atoms with Crippen LogP contribution in [0.2, 0.25) is 4.34 Å². The van der Waals surface area contributed by atoms with Crippen LogP contribution in [0.1, 0.15) is 18.7 Å². The van der Waals surface area contributed by atoms with Gasteiger partial charge in [-0.3, -0.25) is 0 Å². The van der Waals surface area contributed by atoms with E-state index < -0.39 is 0 Å². The summed E-state index contributed by atoms with van der Waals surface area (Å²) in [7, 11) is 0. The predicted molar refractivity (Wildman–Crippen MR) is 62.9 cm³/mol. The molecule has 0 amide bonds. The summed E-state index contributed by atoms with van der Waals surface area (Å²) in [6.45, 7) is 4.62. The van der Waals surface area contributed by atoms with Crippen LogP contribution in [0, 0.1) is 0 Å². The first-order valence-corrected chi connectivity index (χ1v) is 5.58. The summed E-state index contributed by atoms with van der Waals surface area (Å²) in [6, 6.07) is 4.13. The normalized spacial score (nSPS) is 12.1. The van der Waals surface area contributed by atoms with E-state index in [0.717, 1.165) is 9.21 Å². The highest BCUT2D eigenvalue weighted by Crippen LogP contribution is 2.21. The topological polar surface area (TPSA) is 50.4 Å². The van der Waals surface area contributed by atoms with Crippen molar-refractivity contribution in [2.45, 2.75) is 26.4 Å². The van der Waals surface area contributed by atoms with Crippen molar-refractivity contribution in [2.24, 2.45) is 10.7 Å². The van der Waals surface area contributed by atoms with E-state index in [-0.39, 0.29) is 0 Å². The van der Waals surface area contributed by atoms with Gasteiger partial charge >= 0.3 is 0 Å². The third-order valence-corrected chi connectivity index (χ3v) is 2.69. The van der Waals surface area contributed by atoms with Crippen LogP contribution in [-0.4, -0.2) is 12.0 Å². The molecular formula is C9H14ClN3S. The molecule has 1 aromatic rings. The number of hydrogen-bond donors (Lipinski definition) is 2. The van der Waals surface area contributed by atoms with Crippen LogP contribution in [0.5, 0.6) is 0 Å². The summed E-state index contributed by atoms with van der Waals surface area (Å²) >= 11 is 7.31. The van der Waals surface area contributed by atoms with Crippen LogP contribution in [0.4, 0.5) is 0 Å². The SMILES string of the molecule is CC(C)NC(N)=NCc1ccc(Cl)s1. The molecule has 1 rings (SSSR count). The molecule has 3 nitrogen and oxygen atoms in total. The first-order valence-electron chi connectivity index (χ1n) is 4.38. The van der Waals surface area contributed by atoms with Gasteiger partial charge in [0.05, 0.1) is 10.9 Å². The molecular weight excluding hydrogens is 218 g/mol. The highest BCUT2D eigenvalue weighted by atomic mass is 35.5. The number of halogens is 1. The summed E-state index contributed by atoms with van der Waals surface area (Å²) in [4.78, 5) is 5.30. The lowest BCUT2D eigenvalue weighted by Crippen LogP contribution is -2.36. The Hall–Kier alpha value is -0.740. The van der Waals surface area contributed by atoms with E-state index in [9.17, 15) is 0 Å². The van der Waals surface area contributed by atoms with E-state index in [1.165, 1.54) is 11.3 Å². The minimum atomic E-state index is 0.311. The lowest BCUT2D eigenvalue weighted by Gasteiger charge is -2.07. The Kier molecular flexibility index (Phi) is 4.22. The number of aliphatic imine (C=N–C) groups is 1. The van der Waals surface area contributed by atoms with Crippen molar-refractivity contribution < 1.29 is 0 Å². The van der Waals surface area contributed by atoms with Crippen molar-refractivity contribution in [3.63, 3.8) is 0 Å². The molecule has 0 aliphatic carbocycles. The van der Waals surface area contributed by atoms with Gasteiger partial charge in [0.1, 0.15) is 0 Å². The van der Waals surface area contributed by atoms with Crippen LogP contribution >= 0.6 is 22.9 Å². The molecule has 0 fully saturated rings. The van der Waals surface area contributed by atoms with Gasteiger partial charge in [-0.1, -0.05) is 11.6 Å². The van der Waals surface area contributed by atoms with E-state index in [1.807, 2.05) is 26.0 Å². The zero-order valence-corrected chi connectivity index (χ0v) is 9.82. The van der Waals surface area contributed by atoms with Gasteiger partial charge in [-0.25, -0.2) is 4.99 Å². The first-order chi connectivity index (χ1) is 6.58. The molecule has 0 bridgehead atoms. The molecule has 1 aromatic heterocycles. The Morgan fingerprint density at radius 3 is 2.86 bits per heavy atom. The van der Waals surface area contributed by atoms with Crippen molar-refractivity contribution >= 4 is 28.9 Å². The summed E-state index contributed by atoms with van der Waals surface area (Å²) < 4.78 is 0.783. The van der Waals surface area contributed by atoms with E-state index >= 15 is 0 Å². The van der Waals surface area contributed by atoms with Gasteiger partial charge in [0.2, 0.25) is 0 Å². The molecule has 14 heavy (non-hydrogen) atoms. The number of nitrogens with zero attached hydrogens (tertiary/aromatic N) is 1. The zero-order chi connectivity index (χ0) is 10.6. The fraction of sp³-hybridized carbons (Fsp3) is 0.444. The number of nitrogens with one attached hydrogen (secondary N) is 1. The number of hydrogen-bond acceptors (Lipinski definition) is 2. The number of guanidine groups is 1. The number of rotatable bonds is 3. The van der Waals surface area contributed by atoms with Crippen LogP contribution in [0.15, 0.2) is 17.1 Å². The quantitative estimate of drug-likeness (QED) is 0.619. The molecule has 0 aliphatic heterocycles. The molecule has 0 radical (unpaired) electrons. The molecule has 0 saturated carbocycles. The molecule has 0 aliphatic rings. The Morgan fingerprint density at radius 2 is 2.36 bits per heavy atom. The molecule has 0 aromatic carbocycles. The maximum atomic E-state index is 5.78. The molecule has 3 N–H and O–H groups in total. The van der Waals surface area contributed by atoms with E-state index in [1.54, 1.807) is 0 Å². The summed E-state index contributed by atoms with van der Waals surface area (Å²) in [5.74, 6) is 0.476. The van der Waals surface area contributed by atoms with Gasteiger partial charge in [-0.05, 0) is 26.0 Å². The summed E-state index contributed by atoms with van der Waals surface area (Å²) in [5, 5.41) is 3.02. The molecule has 5 heteroatoms. The predicted octanol–water partition coefficient (Wildman–Crippen LogP) is 2.21. The lowest BCUT2D eigenvalue weighted by atomic mass is 10.4. The highest BCUT2D eigenvalue weighted by molar-refractivity contribution is 7.16. The second-order valence-corrected chi connectivity index (χ2v) is 5.01. The van der Waals surface area contributed by atoms with Gasteiger partial charge in [-0.15, -0.1) is 11.3 Å². The third-order valence-electron chi connectivity index (χ3n) is 1.47. The average Bonchev–Trinajstić information content (AvgIpc) is 2.47. The van der Waals surface area contributed by atoms with E-state index in [2.05, 4.69) is 10.3 Å². The third kappa shape index (κ3) is 3.98. The number of thiophene rings is 1. The Bertz CT molecular complexity index is 320. The van der Waals surface area contributed by atoms with Gasteiger partial charge in [0.25, 0.3) is 0 Å². The second-order valence-electron chi connectivity index (χ2n) is 3.21. The highest BCUT2D eigenvalue weighted by Gasteiger charge is 1.98. The van der Waals surface area contributed by atoms with E-state index in [4.69, 9.17) is 17.3 Å². The van der Waals surface area contributed by atoms with Gasteiger partial charge in [-0.2, -0.15) is 0 Å². The lowest BCUT2D eigenvalue weighted by molar-refractivity contribution is 0.724. The Balaban J connectivity index is 2.46. The van der Waals surface area contributed by atoms with Crippen molar-refractivity contribution in [3.05, 3.63) is 21.3 Å². The van der Waals surface area contributed by atoms with Crippen molar-refractivity contribution in [1.82, 2.24) is 5.32 Å². The maximum absolute atomic E-state index is 5.78. The van der Waals surface area contributed by atoms with Crippen molar-refractivity contribution in [2.75, 3.05) is 0 Å². The molecule has 0 saturated heterocycles.